The molecule has 0 heterocycles. The summed E-state index contributed by atoms with van der Waals surface area (Å²) in [5.41, 5.74) is 0.929. The Labute approximate surface area is 174 Å². The first-order chi connectivity index (χ1) is 13.9. The van der Waals surface area contributed by atoms with Crippen molar-refractivity contribution in [2.75, 3.05) is 16.6 Å². The minimum Gasteiger partial charge on any atom is -0.494 e. The zero-order chi connectivity index (χ0) is 20.9. The maximum Gasteiger partial charge on any atom is 0.261 e. The van der Waals surface area contributed by atoms with E-state index in [0.29, 0.717) is 23.1 Å². The van der Waals surface area contributed by atoms with Gasteiger partial charge in [0.25, 0.3) is 15.9 Å². The molecule has 0 aliphatic rings. The van der Waals surface area contributed by atoms with Crippen LogP contribution in [-0.4, -0.2) is 20.9 Å². The average molecular weight is 431 g/mol. The molecule has 3 rings (SSSR count). The van der Waals surface area contributed by atoms with Crippen LogP contribution in [0.15, 0.2) is 77.7 Å². The third kappa shape index (κ3) is 5.28. The molecular formula is C21H19ClN2O4S. The molecule has 0 aliphatic carbocycles. The van der Waals surface area contributed by atoms with E-state index in [-0.39, 0.29) is 16.1 Å². The van der Waals surface area contributed by atoms with Gasteiger partial charge in [-0.3, -0.25) is 9.52 Å². The second-order valence-corrected chi connectivity index (χ2v) is 8.14. The monoisotopic (exact) mass is 430 g/mol. The first-order valence-corrected chi connectivity index (χ1v) is 10.7. The van der Waals surface area contributed by atoms with Gasteiger partial charge in [0.1, 0.15) is 5.75 Å². The number of rotatable bonds is 7. The Hall–Kier alpha value is -3.03. The highest BCUT2D eigenvalue weighted by molar-refractivity contribution is 7.92. The van der Waals surface area contributed by atoms with E-state index in [1.54, 1.807) is 42.5 Å². The van der Waals surface area contributed by atoms with E-state index in [2.05, 4.69) is 10.0 Å². The summed E-state index contributed by atoms with van der Waals surface area (Å²) in [7, 11) is -3.88. The molecule has 3 aromatic rings. The molecule has 0 saturated carbocycles. The van der Waals surface area contributed by atoms with Crippen molar-refractivity contribution in [3.8, 4) is 5.75 Å². The molecule has 0 bridgehead atoms. The third-order valence-electron chi connectivity index (χ3n) is 3.96. The Morgan fingerprint density at radius 2 is 1.62 bits per heavy atom. The zero-order valence-electron chi connectivity index (χ0n) is 15.6. The molecule has 8 heteroatoms. The van der Waals surface area contributed by atoms with Crippen LogP contribution in [0.1, 0.15) is 17.3 Å². The van der Waals surface area contributed by atoms with E-state index < -0.39 is 15.9 Å². The van der Waals surface area contributed by atoms with Crippen molar-refractivity contribution in [3.63, 3.8) is 0 Å². The maximum absolute atomic E-state index is 12.7. The molecule has 0 spiro atoms. The van der Waals surface area contributed by atoms with Crippen LogP contribution in [0.4, 0.5) is 11.4 Å². The van der Waals surface area contributed by atoms with Crippen LogP contribution in [0.25, 0.3) is 0 Å². The number of anilines is 2. The lowest BCUT2D eigenvalue weighted by molar-refractivity contribution is 0.102. The van der Waals surface area contributed by atoms with Gasteiger partial charge < -0.3 is 10.1 Å². The Kier molecular flexibility index (Phi) is 6.41. The number of hydrogen-bond donors (Lipinski definition) is 2. The molecule has 6 nitrogen and oxygen atoms in total. The fraction of sp³-hybridized carbons (Fsp3) is 0.0952. The highest BCUT2D eigenvalue weighted by Crippen LogP contribution is 2.23. The normalized spacial score (nSPS) is 11.0. The molecule has 0 fully saturated rings. The van der Waals surface area contributed by atoms with Gasteiger partial charge in [0, 0.05) is 10.7 Å². The summed E-state index contributed by atoms with van der Waals surface area (Å²) < 4.78 is 33.1. The number of nitrogens with one attached hydrogen (secondary N) is 2. The van der Waals surface area contributed by atoms with Crippen LogP contribution in [0.3, 0.4) is 0 Å². The SMILES string of the molecule is CCOc1ccc(NC(=O)c2ccccc2NS(=O)(=O)c2ccc(Cl)cc2)cc1. The summed E-state index contributed by atoms with van der Waals surface area (Å²) >= 11 is 5.82. The number of carbonyl (C=O) groups is 1. The van der Waals surface area contributed by atoms with E-state index in [9.17, 15) is 13.2 Å². The van der Waals surface area contributed by atoms with Crippen molar-refractivity contribution >= 4 is 38.9 Å². The molecule has 0 aromatic heterocycles. The van der Waals surface area contributed by atoms with Gasteiger partial charge in [-0.05, 0) is 67.6 Å². The molecule has 29 heavy (non-hydrogen) atoms. The standard InChI is InChI=1S/C21H19ClN2O4S/c1-2-28-17-11-9-16(10-12-17)23-21(25)19-5-3-4-6-20(19)24-29(26,27)18-13-7-15(22)8-14-18/h3-14,24H,2H2,1H3,(H,23,25). The lowest BCUT2D eigenvalue weighted by Gasteiger charge is -2.13. The van der Waals surface area contributed by atoms with Crippen molar-refractivity contribution in [1.82, 2.24) is 0 Å². The van der Waals surface area contributed by atoms with Crippen LogP contribution >= 0.6 is 11.6 Å². The number of amides is 1. The Morgan fingerprint density at radius 1 is 0.966 bits per heavy atom. The van der Waals surface area contributed by atoms with Crippen LogP contribution < -0.4 is 14.8 Å². The smallest absolute Gasteiger partial charge is 0.261 e. The number of ether oxygens (including phenoxy) is 1. The van der Waals surface area contributed by atoms with Crippen molar-refractivity contribution in [3.05, 3.63) is 83.4 Å². The Bertz CT molecular complexity index is 1100. The van der Waals surface area contributed by atoms with E-state index in [1.807, 2.05) is 6.92 Å². The van der Waals surface area contributed by atoms with Gasteiger partial charge in [-0.15, -0.1) is 0 Å². The van der Waals surface area contributed by atoms with Gasteiger partial charge in [0.05, 0.1) is 22.8 Å². The molecule has 1 amide bonds. The summed E-state index contributed by atoms with van der Waals surface area (Å²) in [5.74, 6) is 0.255. The van der Waals surface area contributed by atoms with Crippen LogP contribution in [0.2, 0.25) is 5.02 Å². The zero-order valence-corrected chi connectivity index (χ0v) is 17.1. The predicted molar refractivity (Wildman–Crippen MR) is 114 cm³/mol. The number of hydrogen-bond acceptors (Lipinski definition) is 4. The number of benzene rings is 3. The molecule has 0 atom stereocenters. The van der Waals surface area contributed by atoms with Gasteiger partial charge in [-0.1, -0.05) is 23.7 Å². The Morgan fingerprint density at radius 3 is 2.28 bits per heavy atom. The fourth-order valence-corrected chi connectivity index (χ4v) is 3.79. The predicted octanol–water partition coefficient (Wildman–Crippen LogP) is 4.79. The lowest BCUT2D eigenvalue weighted by Crippen LogP contribution is -2.18. The van der Waals surface area contributed by atoms with Crippen molar-refractivity contribution in [2.45, 2.75) is 11.8 Å². The molecule has 0 unspecified atom stereocenters. The molecule has 150 valence electrons. The van der Waals surface area contributed by atoms with Gasteiger partial charge in [-0.25, -0.2) is 8.42 Å². The summed E-state index contributed by atoms with van der Waals surface area (Å²) in [6.45, 7) is 2.44. The molecule has 0 saturated heterocycles. The molecule has 0 aliphatic heterocycles. The summed E-state index contributed by atoms with van der Waals surface area (Å²) in [4.78, 5) is 12.8. The van der Waals surface area contributed by atoms with Gasteiger partial charge in [0.15, 0.2) is 0 Å². The minimum atomic E-state index is -3.88. The van der Waals surface area contributed by atoms with Crippen LogP contribution in [0, 0.1) is 0 Å². The third-order valence-corrected chi connectivity index (χ3v) is 5.60. The van der Waals surface area contributed by atoms with Gasteiger partial charge in [0.2, 0.25) is 0 Å². The highest BCUT2D eigenvalue weighted by Gasteiger charge is 2.18. The molecule has 2 N–H and O–H groups in total. The van der Waals surface area contributed by atoms with E-state index in [1.165, 1.54) is 30.3 Å². The largest absolute Gasteiger partial charge is 0.494 e. The van der Waals surface area contributed by atoms with Gasteiger partial charge >= 0.3 is 0 Å². The molecule has 3 aromatic carbocycles. The molecule has 0 radical (unpaired) electrons. The van der Waals surface area contributed by atoms with Gasteiger partial charge in [-0.2, -0.15) is 0 Å². The van der Waals surface area contributed by atoms with Crippen LogP contribution in [-0.2, 0) is 10.0 Å². The fourth-order valence-electron chi connectivity index (χ4n) is 2.59. The number of para-hydroxylation sites is 1. The minimum absolute atomic E-state index is 0.0450. The van der Waals surface area contributed by atoms with Crippen molar-refractivity contribution in [1.29, 1.82) is 0 Å². The summed E-state index contributed by atoms with van der Waals surface area (Å²) in [6.07, 6.45) is 0. The maximum atomic E-state index is 12.7. The number of carbonyl (C=O) groups excluding carboxylic acids is 1. The van der Waals surface area contributed by atoms with Crippen molar-refractivity contribution in [2.24, 2.45) is 0 Å². The average Bonchev–Trinajstić information content (AvgIpc) is 2.70. The van der Waals surface area contributed by atoms with E-state index >= 15 is 0 Å². The highest BCUT2D eigenvalue weighted by atomic mass is 35.5. The first-order valence-electron chi connectivity index (χ1n) is 8.80. The summed E-state index contributed by atoms with van der Waals surface area (Å²) in [6, 6.07) is 19.1. The number of halogens is 1. The summed E-state index contributed by atoms with van der Waals surface area (Å²) in [5, 5.41) is 3.18. The Balaban J connectivity index is 1.81. The second-order valence-electron chi connectivity index (χ2n) is 6.02. The first kappa shape index (κ1) is 20.7. The second kappa shape index (κ2) is 8.98. The number of sulfonamides is 1. The van der Waals surface area contributed by atoms with E-state index in [4.69, 9.17) is 16.3 Å². The van der Waals surface area contributed by atoms with E-state index in [0.717, 1.165) is 0 Å². The van der Waals surface area contributed by atoms with Crippen molar-refractivity contribution < 1.29 is 17.9 Å². The lowest BCUT2D eigenvalue weighted by atomic mass is 10.1. The van der Waals surface area contributed by atoms with Crippen LogP contribution in [0.5, 0.6) is 5.75 Å². The topological polar surface area (TPSA) is 84.5 Å². The quantitative estimate of drug-likeness (QED) is 0.564. The molecular weight excluding hydrogens is 412 g/mol.